The highest BCUT2D eigenvalue weighted by molar-refractivity contribution is 5.99. The van der Waals surface area contributed by atoms with Crippen molar-refractivity contribution >= 4 is 23.3 Å². The number of hydrogen-bond donors (Lipinski definition) is 2. The molecule has 3 amide bonds. The topological polar surface area (TPSA) is 110 Å². The Morgan fingerprint density at radius 1 is 1.27 bits per heavy atom. The van der Waals surface area contributed by atoms with Gasteiger partial charge in [0.05, 0.1) is 11.6 Å². The zero-order valence-electron chi connectivity index (χ0n) is 17.9. The maximum absolute atomic E-state index is 13.5. The molecule has 2 N–H and O–H groups in total. The van der Waals surface area contributed by atoms with E-state index in [1.54, 1.807) is 42.2 Å². The number of aromatic nitrogens is 2. The minimum atomic E-state index is -0.561. The van der Waals surface area contributed by atoms with Crippen LogP contribution in [-0.2, 0) is 4.79 Å². The van der Waals surface area contributed by atoms with Crippen molar-refractivity contribution in [2.75, 3.05) is 23.7 Å². The fraction of sp³-hybridized carbons (Fsp3) is 0.304. The number of carbonyl (C=O) groups excluding carboxylic acids is 2. The van der Waals surface area contributed by atoms with Crippen LogP contribution in [0.3, 0.4) is 0 Å². The molecule has 5 rings (SSSR count). The summed E-state index contributed by atoms with van der Waals surface area (Å²) in [7, 11) is 0. The lowest BCUT2D eigenvalue weighted by molar-refractivity contribution is -0.122. The fourth-order valence-corrected chi connectivity index (χ4v) is 4.00. The van der Waals surface area contributed by atoms with Crippen LogP contribution in [0.5, 0.6) is 5.75 Å². The predicted octanol–water partition coefficient (Wildman–Crippen LogP) is 4.01. The van der Waals surface area contributed by atoms with E-state index in [4.69, 9.17) is 9.26 Å². The molecule has 2 aliphatic heterocycles. The number of rotatable bonds is 3. The van der Waals surface area contributed by atoms with E-state index in [-0.39, 0.29) is 23.7 Å². The maximum atomic E-state index is 13.5. The third-order valence-electron chi connectivity index (χ3n) is 5.74. The third kappa shape index (κ3) is 4.36. The zero-order chi connectivity index (χ0) is 22.9. The van der Waals surface area contributed by atoms with Crippen LogP contribution in [0.25, 0.3) is 11.4 Å². The van der Waals surface area contributed by atoms with E-state index in [0.29, 0.717) is 47.5 Å². The molecule has 0 aliphatic carbocycles. The van der Waals surface area contributed by atoms with Gasteiger partial charge in [-0.1, -0.05) is 17.3 Å². The molecular formula is C23H22FN5O4. The van der Waals surface area contributed by atoms with Crippen LogP contribution in [0.2, 0.25) is 0 Å². The third-order valence-corrected chi connectivity index (χ3v) is 5.74. The average Bonchev–Trinajstić information content (AvgIpc) is 3.31. The normalized spacial score (nSPS) is 19.9. The first-order chi connectivity index (χ1) is 16.0. The molecule has 3 heterocycles. The number of piperidine rings is 1. The van der Waals surface area contributed by atoms with Gasteiger partial charge in [0, 0.05) is 24.3 Å². The van der Waals surface area contributed by atoms with Crippen LogP contribution < -0.4 is 15.4 Å². The molecule has 2 atom stereocenters. The lowest BCUT2D eigenvalue weighted by Crippen LogP contribution is -2.41. The molecule has 3 aromatic rings. The highest BCUT2D eigenvalue weighted by atomic mass is 19.1. The lowest BCUT2D eigenvalue weighted by Gasteiger charge is -2.31. The first-order valence-electron chi connectivity index (χ1n) is 10.7. The number of fused-ring (bicyclic) bond motifs is 1. The van der Waals surface area contributed by atoms with Crippen molar-refractivity contribution in [3.8, 4) is 17.1 Å². The molecule has 10 heteroatoms. The number of urea groups is 1. The summed E-state index contributed by atoms with van der Waals surface area (Å²) >= 11 is 0. The summed E-state index contributed by atoms with van der Waals surface area (Å²) in [5.41, 5.74) is 1.60. The number of amides is 3. The van der Waals surface area contributed by atoms with Gasteiger partial charge in [0.25, 0.3) is 5.91 Å². The van der Waals surface area contributed by atoms with E-state index < -0.39 is 6.10 Å². The number of ether oxygens (including phenoxy) is 1. The Hall–Kier alpha value is -3.95. The Bertz CT molecular complexity index is 1210. The second-order valence-corrected chi connectivity index (χ2v) is 8.14. The van der Waals surface area contributed by atoms with Gasteiger partial charge in [-0.3, -0.25) is 4.79 Å². The van der Waals surface area contributed by atoms with Crippen molar-refractivity contribution in [3.63, 3.8) is 0 Å². The molecule has 0 bridgehead atoms. The van der Waals surface area contributed by atoms with Gasteiger partial charge in [-0.2, -0.15) is 4.98 Å². The van der Waals surface area contributed by atoms with Crippen molar-refractivity contribution in [3.05, 3.63) is 54.2 Å². The zero-order valence-corrected chi connectivity index (χ0v) is 17.9. The quantitative estimate of drug-likeness (QED) is 0.623. The van der Waals surface area contributed by atoms with E-state index in [1.165, 1.54) is 12.1 Å². The Kier molecular flexibility index (Phi) is 5.41. The predicted molar refractivity (Wildman–Crippen MR) is 117 cm³/mol. The molecular weight excluding hydrogens is 429 g/mol. The molecule has 0 spiro atoms. The van der Waals surface area contributed by atoms with Crippen molar-refractivity contribution in [2.45, 2.75) is 31.8 Å². The number of nitrogens with one attached hydrogen (secondary N) is 2. The number of anilines is 2. The second kappa shape index (κ2) is 8.53. The van der Waals surface area contributed by atoms with Gasteiger partial charge in [-0.25, -0.2) is 9.18 Å². The Morgan fingerprint density at radius 2 is 2.15 bits per heavy atom. The molecule has 2 unspecified atom stereocenters. The van der Waals surface area contributed by atoms with Gasteiger partial charge in [0.2, 0.25) is 11.7 Å². The highest BCUT2D eigenvalue weighted by Crippen LogP contribution is 2.33. The van der Waals surface area contributed by atoms with Gasteiger partial charge in [0.1, 0.15) is 11.6 Å². The summed E-state index contributed by atoms with van der Waals surface area (Å²) in [5, 5.41) is 9.61. The van der Waals surface area contributed by atoms with Gasteiger partial charge >= 0.3 is 6.03 Å². The molecule has 1 saturated heterocycles. The lowest BCUT2D eigenvalue weighted by atomic mass is 9.98. The van der Waals surface area contributed by atoms with E-state index in [1.807, 2.05) is 0 Å². The molecule has 0 saturated carbocycles. The van der Waals surface area contributed by atoms with Gasteiger partial charge in [0.15, 0.2) is 6.10 Å². The van der Waals surface area contributed by atoms with E-state index in [0.717, 1.165) is 12.8 Å². The summed E-state index contributed by atoms with van der Waals surface area (Å²) in [6.07, 6.45) is 1.02. The number of halogens is 1. The van der Waals surface area contributed by atoms with Crippen molar-refractivity contribution < 1.29 is 23.2 Å². The monoisotopic (exact) mass is 451 g/mol. The Balaban J connectivity index is 1.25. The van der Waals surface area contributed by atoms with Crippen molar-refractivity contribution in [2.24, 2.45) is 0 Å². The van der Waals surface area contributed by atoms with Gasteiger partial charge < -0.3 is 24.8 Å². The molecule has 33 heavy (non-hydrogen) atoms. The summed E-state index contributed by atoms with van der Waals surface area (Å²) in [4.78, 5) is 30.8. The minimum Gasteiger partial charge on any atom is -0.479 e. The number of likely N-dealkylation sites (tertiary alicyclic amines) is 1. The number of hydrogen-bond acceptors (Lipinski definition) is 6. The first kappa shape index (κ1) is 20.9. The standard InChI is InChI=1S/C23H22FN5O4/c1-13-21(30)26-18-11-17(7-8-19(18)32-13)25-23(31)29-9-3-5-15(12-29)22-27-20(28-33-22)14-4-2-6-16(24)10-14/h2,4,6-8,10-11,13,15H,3,5,9,12H2,1H3,(H,25,31)(H,26,30). The highest BCUT2D eigenvalue weighted by Gasteiger charge is 2.29. The minimum absolute atomic E-state index is 0.114. The molecule has 2 aliphatic rings. The molecule has 1 aromatic heterocycles. The number of carbonyl (C=O) groups is 2. The van der Waals surface area contributed by atoms with E-state index >= 15 is 0 Å². The van der Waals surface area contributed by atoms with E-state index in [2.05, 4.69) is 20.8 Å². The molecule has 2 aromatic carbocycles. The Morgan fingerprint density at radius 3 is 3.00 bits per heavy atom. The van der Waals surface area contributed by atoms with Crippen LogP contribution in [0.1, 0.15) is 31.6 Å². The van der Waals surface area contributed by atoms with Crippen LogP contribution in [0, 0.1) is 5.82 Å². The Labute approximate surface area is 188 Å². The average molecular weight is 451 g/mol. The second-order valence-electron chi connectivity index (χ2n) is 8.14. The molecule has 1 fully saturated rings. The first-order valence-corrected chi connectivity index (χ1v) is 10.7. The maximum Gasteiger partial charge on any atom is 0.321 e. The van der Waals surface area contributed by atoms with Crippen LogP contribution in [0.4, 0.5) is 20.6 Å². The molecule has 9 nitrogen and oxygen atoms in total. The van der Waals surface area contributed by atoms with Crippen molar-refractivity contribution in [1.82, 2.24) is 15.0 Å². The van der Waals surface area contributed by atoms with Crippen LogP contribution in [0.15, 0.2) is 47.0 Å². The SMILES string of the molecule is CC1Oc2ccc(NC(=O)N3CCCC(c4nc(-c5cccc(F)c5)no4)C3)cc2NC1=O. The summed E-state index contributed by atoms with van der Waals surface area (Å²) < 4.78 is 24.5. The molecule has 0 radical (unpaired) electrons. The summed E-state index contributed by atoms with van der Waals surface area (Å²) in [6.45, 7) is 2.68. The number of benzene rings is 2. The summed E-state index contributed by atoms with van der Waals surface area (Å²) in [6, 6.07) is 10.9. The fourth-order valence-electron chi connectivity index (χ4n) is 4.00. The van der Waals surface area contributed by atoms with Crippen LogP contribution >= 0.6 is 0 Å². The van der Waals surface area contributed by atoms with Crippen LogP contribution in [-0.4, -0.2) is 46.2 Å². The van der Waals surface area contributed by atoms with Gasteiger partial charge in [-0.05, 0) is 50.1 Å². The summed E-state index contributed by atoms with van der Waals surface area (Å²) in [5.74, 6) is 0.582. The van der Waals surface area contributed by atoms with Crippen molar-refractivity contribution in [1.29, 1.82) is 0 Å². The largest absolute Gasteiger partial charge is 0.479 e. The molecule has 170 valence electrons. The van der Waals surface area contributed by atoms with E-state index in [9.17, 15) is 14.0 Å². The van der Waals surface area contributed by atoms with Gasteiger partial charge in [-0.15, -0.1) is 0 Å². The number of nitrogens with zero attached hydrogens (tertiary/aromatic N) is 3. The smallest absolute Gasteiger partial charge is 0.321 e.